The van der Waals surface area contributed by atoms with Gasteiger partial charge in [0.1, 0.15) is 0 Å². The molecule has 2 aromatic carbocycles. The molecule has 0 aromatic heterocycles. The molecule has 0 N–H and O–H groups in total. The Balaban J connectivity index is 1.29. The van der Waals surface area contributed by atoms with Crippen molar-refractivity contribution in [2.24, 2.45) is 11.8 Å². The molecule has 2 aliphatic rings. The second kappa shape index (κ2) is 12.6. The van der Waals surface area contributed by atoms with Crippen molar-refractivity contribution in [3.63, 3.8) is 0 Å². The van der Waals surface area contributed by atoms with E-state index >= 15 is 0 Å². The highest BCUT2D eigenvalue weighted by atomic mass is 14.3. The summed E-state index contributed by atoms with van der Waals surface area (Å²) in [4.78, 5) is 0. The molecule has 0 bridgehead atoms. The molecule has 0 radical (unpaired) electrons. The quantitative estimate of drug-likeness (QED) is 0.321. The Bertz CT molecular complexity index is 846. The van der Waals surface area contributed by atoms with Crippen molar-refractivity contribution in [3.05, 3.63) is 65.7 Å². The van der Waals surface area contributed by atoms with Crippen LogP contribution in [0, 0.1) is 11.8 Å². The smallest absolute Gasteiger partial charge is 0.0162 e. The standard InChI is InChI=1S/C33H46/c1-3-5-6-7-8-9-27-12-16-29(17-13-27)31-20-24-33(25-21-31)32-22-18-30(19-23-32)28-14-10-26(4-2)11-15-28/h16,18-28H,3-15,17H2,1-2H3. The van der Waals surface area contributed by atoms with Crippen molar-refractivity contribution in [1.29, 1.82) is 0 Å². The SMILES string of the molecule is CCCCCCCC1CC=C(c2ccc(-c3ccc(C4CCC(CC)CC4)cc3)cc2)CC1. The van der Waals surface area contributed by atoms with E-state index in [0.717, 1.165) is 17.8 Å². The lowest BCUT2D eigenvalue weighted by Crippen LogP contribution is -2.12. The zero-order valence-electron chi connectivity index (χ0n) is 21.3. The van der Waals surface area contributed by atoms with E-state index in [-0.39, 0.29) is 0 Å². The highest BCUT2D eigenvalue weighted by Crippen LogP contribution is 2.38. The molecule has 0 nitrogen and oxygen atoms in total. The highest BCUT2D eigenvalue weighted by molar-refractivity contribution is 5.71. The summed E-state index contributed by atoms with van der Waals surface area (Å²) in [5.74, 6) is 2.67. The predicted octanol–water partition coefficient (Wildman–Crippen LogP) is 10.6. The molecule has 2 aliphatic carbocycles. The minimum Gasteiger partial charge on any atom is -0.0804 e. The molecule has 0 spiro atoms. The maximum atomic E-state index is 2.54. The summed E-state index contributed by atoms with van der Waals surface area (Å²) in [6, 6.07) is 18.9. The maximum Gasteiger partial charge on any atom is -0.0162 e. The van der Waals surface area contributed by atoms with Gasteiger partial charge in [0, 0.05) is 0 Å². The lowest BCUT2D eigenvalue weighted by Gasteiger charge is -2.28. The lowest BCUT2D eigenvalue weighted by molar-refractivity contribution is 0.319. The molecule has 2 aromatic rings. The summed E-state index contributed by atoms with van der Waals surface area (Å²) in [7, 11) is 0. The van der Waals surface area contributed by atoms with Gasteiger partial charge in [-0.25, -0.2) is 0 Å². The Morgan fingerprint density at radius 2 is 1.27 bits per heavy atom. The van der Waals surface area contributed by atoms with E-state index < -0.39 is 0 Å². The van der Waals surface area contributed by atoms with Gasteiger partial charge in [-0.2, -0.15) is 0 Å². The van der Waals surface area contributed by atoms with E-state index in [4.69, 9.17) is 0 Å². The third kappa shape index (κ3) is 6.84. The molecule has 0 amide bonds. The number of rotatable bonds is 10. The lowest BCUT2D eigenvalue weighted by atomic mass is 9.77. The highest BCUT2D eigenvalue weighted by Gasteiger charge is 2.21. The molecule has 0 aliphatic heterocycles. The molecule has 1 unspecified atom stereocenters. The summed E-state index contributed by atoms with van der Waals surface area (Å²) in [6.07, 6.45) is 21.9. The van der Waals surface area contributed by atoms with Crippen LogP contribution in [0.5, 0.6) is 0 Å². The van der Waals surface area contributed by atoms with E-state index in [1.165, 1.54) is 107 Å². The third-order valence-electron chi connectivity index (χ3n) is 8.63. The summed E-state index contributed by atoms with van der Waals surface area (Å²) < 4.78 is 0. The Kier molecular flexibility index (Phi) is 9.27. The summed E-state index contributed by atoms with van der Waals surface area (Å²) >= 11 is 0. The number of hydrogen-bond acceptors (Lipinski definition) is 0. The van der Waals surface area contributed by atoms with Crippen LogP contribution in [0.4, 0.5) is 0 Å². The Labute approximate surface area is 203 Å². The van der Waals surface area contributed by atoms with Crippen molar-refractivity contribution >= 4 is 5.57 Å². The number of unbranched alkanes of at least 4 members (excludes halogenated alkanes) is 4. The first-order chi connectivity index (χ1) is 16.3. The van der Waals surface area contributed by atoms with E-state index in [1.807, 2.05) is 0 Å². The van der Waals surface area contributed by atoms with Gasteiger partial charge in [0.15, 0.2) is 0 Å². The van der Waals surface area contributed by atoms with Crippen molar-refractivity contribution in [3.8, 4) is 11.1 Å². The van der Waals surface area contributed by atoms with Crippen molar-refractivity contribution in [1.82, 2.24) is 0 Å². The Morgan fingerprint density at radius 1 is 0.636 bits per heavy atom. The zero-order chi connectivity index (χ0) is 22.9. The first kappa shape index (κ1) is 24.3. The first-order valence-corrected chi connectivity index (χ1v) is 14.2. The first-order valence-electron chi connectivity index (χ1n) is 14.2. The molecular formula is C33H46. The van der Waals surface area contributed by atoms with Crippen molar-refractivity contribution in [2.75, 3.05) is 0 Å². The summed E-state index contributed by atoms with van der Waals surface area (Å²) in [5.41, 5.74) is 7.26. The molecule has 1 atom stereocenters. The average molecular weight is 443 g/mol. The van der Waals surface area contributed by atoms with Gasteiger partial charge in [-0.1, -0.05) is 113 Å². The van der Waals surface area contributed by atoms with Gasteiger partial charge in [-0.3, -0.25) is 0 Å². The fourth-order valence-electron chi connectivity index (χ4n) is 6.18. The van der Waals surface area contributed by atoms with Crippen LogP contribution < -0.4 is 0 Å². The molecule has 33 heavy (non-hydrogen) atoms. The predicted molar refractivity (Wildman–Crippen MR) is 146 cm³/mol. The van der Waals surface area contributed by atoms with Crippen LogP contribution in [-0.2, 0) is 0 Å². The summed E-state index contributed by atoms with van der Waals surface area (Å²) in [5, 5.41) is 0. The van der Waals surface area contributed by atoms with Gasteiger partial charge < -0.3 is 0 Å². The Morgan fingerprint density at radius 3 is 1.88 bits per heavy atom. The number of benzene rings is 2. The minimum absolute atomic E-state index is 0.780. The van der Waals surface area contributed by atoms with E-state index in [9.17, 15) is 0 Å². The molecule has 0 heteroatoms. The average Bonchev–Trinajstić information content (AvgIpc) is 2.89. The normalized spacial score (nSPS) is 23.3. The van der Waals surface area contributed by atoms with E-state index in [0.29, 0.717) is 0 Å². The largest absolute Gasteiger partial charge is 0.0804 e. The summed E-state index contributed by atoms with van der Waals surface area (Å²) in [6.45, 7) is 4.65. The van der Waals surface area contributed by atoms with Crippen LogP contribution >= 0.6 is 0 Å². The third-order valence-corrected chi connectivity index (χ3v) is 8.63. The fourth-order valence-corrected chi connectivity index (χ4v) is 6.18. The molecule has 1 fully saturated rings. The van der Waals surface area contributed by atoms with Crippen LogP contribution in [-0.4, -0.2) is 0 Å². The van der Waals surface area contributed by atoms with Crippen LogP contribution in [0.3, 0.4) is 0 Å². The van der Waals surface area contributed by atoms with Gasteiger partial charge in [0.05, 0.1) is 0 Å². The van der Waals surface area contributed by atoms with Crippen LogP contribution in [0.15, 0.2) is 54.6 Å². The molecule has 0 saturated heterocycles. The molecule has 4 rings (SSSR count). The van der Waals surface area contributed by atoms with Crippen molar-refractivity contribution in [2.45, 2.75) is 110 Å². The van der Waals surface area contributed by atoms with Gasteiger partial charge in [-0.05, 0) is 90.5 Å². The zero-order valence-corrected chi connectivity index (χ0v) is 21.3. The topological polar surface area (TPSA) is 0 Å². The molecule has 178 valence electrons. The molecule has 0 heterocycles. The van der Waals surface area contributed by atoms with Gasteiger partial charge in [0.2, 0.25) is 0 Å². The van der Waals surface area contributed by atoms with Crippen LogP contribution in [0.1, 0.15) is 121 Å². The Hall–Kier alpha value is -1.82. The second-order valence-electron chi connectivity index (χ2n) is 10.9. The fraction of sp³-hybridized carbons (Fsp3) is 0.576. The minimum atomic E-state index is 0.780. The molecule has 1 saturated carbocycles. The van der Waals surface area contributed by atoms with Crippen molar-refractivity contribution < 1.29 is 0 Å². The van der Waals surface area contributed by atoms with E-state index in [2.05, 4.69) is 68.5 Å². The maximum absolute atomic E-state index is 2.54. The van der Waals surface area contributed by atoms with Gasteiger partial charge >= 0.3 is 0 Å². The number of allylic oxidation sites excluding steroid dienone is 2. The van der Waals surface area contributed by atoms with E-state index in [1.54, 1.807) is 11.1 Å². The van der Waals surface area contributed by atoms with Crippen LogP contribution in [0.25, 0.3) is 16.7 Å². The molecular weight excluding hydrogens is 396 g/mol. The van der Waals surface area contributed by atoms with Gasteiger partial charge in [0.25, 0.3) is 0 Å². The van der Waals surface area contributed by atoms with Crippen LogP contribution in [0.2, 0.25) is 0 Å². The second-order valence-corrected chi connectivity index (χ2v) is 10.9. The monoisotopic (exact) mass is 442 g/mol. The van der Waals surface area contributed by atoms with Gasteiger partial charge in [-0.15, -0.1) is 0 Å². The number of hydrogen-bond donors (Lipinski definition) is 0.